The lowest BCUT2D eigenvalue weighted by Crippen LogP contribution is -2.07. The van der Waals surface area contributed by atoms with Gasteiger partial charge < -0.3 is 10.1 Å². The highest BCUT2D eigenvalue weighted by atomic mass is 19.3. The molecule has 0 heterocycles. The first kappa shape index (κ1) is 17.7. The number of unbranched alkanes of at least 4 members (excludes halogenated alkanes) is 7. The highest BCUT2D eigenvalue weighted by molar-refractivity contribution is 5.56. The Hall–Kier alpha value is -1.32. The maximum atomic E-state index is 12.3. The van der Waals surface area contributed by atoms with E-state index >= 15 is 0 Å². The van der Waals surface area contributed by atoms with Crippen LogP contribution in [0.4, 0.5) is 14.5 Å². The molecule has 120 valence electrons. The number of halogens is 2. The van der Waals surface area contributed by atoms with Gasteiger partial charge in [0.05, 0.1) is 5.69 Å². The summed E-state index contributed by atoms with van der Waals surface area (Å²) in [5.74, 6) is 0.215. The van der Waals surface area contributed by atoms with Crippen molar-refractivity contribution in [3.8, 4) is 5.75 Å². The van der Waals surface area contributed by atoms with Crippen molar-refractivity contribution >= 4 is 5.69 Å². The fraction of sp³-hybridized carbons (Fsp3) is 0.647. The first-order valence-corrected chi connectivity index (χ1v) is 8.01. The third-order valence-corrected chi connectivity index (χ3v) is 3.45. The van der Waals surface area contributed by atoms with Crippen LogP contribution in [0, 0.1) is 0 Å². The number of hydrogen-bond acceptors (Lipinski definition) is 2. The Labute approximate surface area is 126 Å². The average molecular weight is 299 g/mol. The first-order valence-electron chi connectivity index (χ1n) is 8.01. The van der Waals surface area contributed by atoms with Crippen LogP contribution < -0.4 is 10.1 Å². The van der Waals surface area contributed by atoms with Crippen LogP contribution in [0.2, 0.25) is 0 Å². The molecule has 0 aliphatic heterocycles. The van der Waals surface area contributed by atoms with Crippen LogP contribution in [0.1, 0.15) is 58.3 Å². The van der Waals surface area contributed by atoms with Crippen LogP contribution in [0.15, 0.2) is 24.3 Å². The van der Waals surface area contributed by atoms with Crippen LogP contribution in [-0.4, -0.2) is 13.2 Å². The Kier molecular flexibility index (Phi) is 9.58. The number of para-hydroxylation sites is 2. The van der Waals surface area contributed by atoms with Crippen LogP contribution in [0.3, 0.4) is 0 Å². The molecular formula is C17H27F2NO. The van der Waals surface area contributed by atoms with Gasteiger partial charge in [-0.15, -0.1) is 0 Å². The molecule has 0 aromatic heterocycles. The predicted octanol–water partition coefficient (Wildman–Crippen LogP) is 5.84. The molecule has 1 aromatic rings. The molecule has 0 aliphatic carbocycles. The van der Waals surface area contributed by atoms with Crippen LogP contribution in [0.5, 0.6) is 5.75 Å². The summed E-state index contributed by atoms with van der Waals surface area (Å²) in [4.78, 5) is 0. The van der Waals surface area contributed by atoms with Gasteiger partial charge >= 0.3 is 6.61 Å². The average Bonchev–Trinajstić information content (AvgIpc) is 2.46. The number of rotatable bonds is 12. The Morgan fingerprint density at radius 1 is 0.952 bits per heavy atom. The SMILES string of the molecule is CCCCCCCCCCNc1ccccc1OC(F)F. The van der Waals surface area contributed by atoms with Crippen molar-refractivity contribution in [1.82, 2.24) is 0 Å². The van der Waals surface area contributed by atoms with E-state index in [2.05, 4.69) is 17.0 Å². The molecule has 0 aliphatic rings. The standard InChI is InChI=1S/C17H27F2NO/c1-2-3-4-5-6-7-8-11-14-20-15-12-9-10-13-16(15)21-17(18)19/h9-10,12-13,17,20H,2-8,11,14H2,1H3. The second-order valence-electron chi connectivity index (χ2n) is 5.28. The maximum absolute atomic E-state index is 12.3. The summed E-state index contributed by atoms with van der Waals surface area (Å²) in [5.41, 5.74) is 0.640. The van der Waals surface area contributed by atoms with Gasteiger partial charge in [0.25, 0.3) is 0 Å². The van der Waals surface area contributed by atoms with E-state index in [4.69, 9.17) is 0 Å². The molecule has 0 unspecified atom stereocenters. The summed E-state index contributed by atoms with van der Waals surface area (Å²) in [5, 5.41) is 3.17. The lowest BCUT2D eigenvalue weighted by molar-refractivity contribution is -0.0493. The molecule has 0 atom stereocenters. The topological polar surface area (TPSA) is 21.3 Å². The van der Waals surface area contributed by atoms with Gasteiger partial charge in [0.2, 0.25) is 0 Å². The minimum atomic E-state index is -2.78. The number of alkyl halides is 2. The zero-order valence-corrected chi connectivity index (χ0v) is 12.9. The lowest BCUT2D eigenvalue weighted by atomic mass is 10.1. The van der Waals surface area contributed by atoms with E-state index in [1.54, 1.807) is 18.2 Å². The van der Waals surface area contributed by atoms with Crippen molar-refractivity contribution in [1.29, 1.82) is 0 Å². The van der Waals surface area contributed by atoms with Crippen LogP contribution in [0.25, 0.3) is 0 Å². The fourth-order valence-corrected chi connectivity index (χ4v) is 2.29. The van der Waals surface area contributed by atoms with Gasteiger partial charge in [-0.3, -0.25) is 0 Å². The molecular weight excluding hydrogens is 272 g/mol. The molecule has 1 rings (SSSR count). The van der Waals surface area contributed by atoms with E-state index in [1.807, 2.05) is 6.07 Å². The van der Waals surface area contributed by atoms with E-state index in [-0.39, 0.29) is 5.75 Å². The highest BCUT2D eigenvalue weighted by Crippen LogP contribution is 2.25. The second-order valence-corrected chi connectivity index (χ2v) is 5.28. The Morgan fingerprint density at radius 2 is 1.57 bits per heavy atom. The molecule has 0 spiro atoms. The van der Waals surface area contributed by atoms with Crippen LogP contribution in [-0.2, 0) is 0 Å². The molecule has 4 heteroatoms. The first-order chi connectivity index (χ1) is 10.2. The van der Waals surface area contributed by atoms with E-state index < -0.39 is 6.61 Å². The van der Waals surface area contributed by atoms with Gasteiger partial charge in [0, 0.05) is 6.54 Å². The zero-order valence-electron chi connectivity index (χ0n) is 12.9. The Morgan fingerprint density at radius 3 is 2.24 bits per heavy atom. The largest absolute Gasteiger partial charge is 0.433 e. The minimum absolute atomic E-state index is 0.215. The molecule has 21 heavy (non-hydrogen) atoms. The third-order valence-electron chi connectivity index (χ3n) is 3.45. The van der Waals surface area contributed by atoms with Crippen LogP contribution >= 0.6 is 0 Å². The predicted molar refractivity (Wildman–Crippen MR) is 84.2 cm³/mol. The summed E-state index contributed by atoms with van der Waals surface area (Å²) in [6.45, 7) is 0.232. The van der Waals surface area contributed by atoms with E-state index in [0.717, 1.165) is 13.0 Å². The summed E-state index contributed by atoms with van der Waals surface area (Å²) < 4.78 is 29.0. The highest BCUT2D eigenvalue weighted by Gasteiger charge is 2.08. The molecule has 1 aromatic carbocycles. The molecule has 0 fully saturated rings. The zero-order chi connectivity index (χ0) is 15.3. The van der Waals surface area contributed by atoms with E-state index in [0.29, 0.717) is 5.69 Å². The molecule has 0 saturated heterocycles. The molecule has 0 amide bonds. The Balaban J connectivity index is 2.12. The molecule has 1 N–H and O–H groups in total. The number of hydrogen-bond donors (Lipinski definition) is 1. The summed E-state index contributed by atoms with van der Waals surface area (Å²) in [7, 11) is 0. The normalized spacial score (nSPS) is 10.9. The molecule has 0 radical (unpaired) electrons. The number of anilines is 1. The van der Waals surface area contributed by atoms with Gasteiger partial charge in [-0.2, -0.15) is 8.78 Å². The molecule has 0 saturated carbocycles. The van der Waals surface area contributed by atoms with Crippen molar-refractivity contribution in [2.45, 2.75) is 64.9 Å². The third kappa shape index (κ3) is 8.53. The maximum Gasteiger partial charge on any atom is 0.387 e. The lowest BCUT2D eigenvalue weighted by Gasteiger charge is -2.12. The minimum Gasteiger partial charge on any atom is -0.433 e. The number of benzene rings is 1. The van der Waals surface area contributed by atoms with Crippen molar-refractivity contribution < 1.29 is 13.5 Å². The molecule has 2 nitrogen and oxygen atoms in total. The van der Waals surface area contributed by atoms with Gasteiger partial charge in [0.15, 0.2) is 0 Å². The summed E-state index contributed by atoms with van der Waals surface area (Å²) in [6.07, 6.45) is 10.1. The van der Waals surface area contributed by atoms with Gasteiger partial charge in [0.1, 0.15) is 5.75 Å². The smallest absolute Gasteiger partial charge is 0.387 e. The van der Waals surface area contributed by atoms with Crippen molar-refractivity contribution in [3.63, 3.8) is 0 Å². The monoisotopic (exact) mass is 299 g/mol. The van der Waals surface area contributed by atoms with Gasteiger partial charge in [-0.25, -0.2) is 0 Å². The number of nitrogens with one attached hydrogen (secondary N) is 1. The molecule has 0 bridgehead atoms. The summed E-state index contributed by atoms with van der Waals surface area (Å²) in [6, 6.07) is 6.83. The van der Waals surface area contributed by atoms with E-state index in [1.165, 1.54) is 44.9 Å². The van der Waals surface area contributed by atoms with Crippen molar-refractivity contribution in [2.24, 2.45) is 0 Å². The fourth-order valence-electron chi connectivity index (χ4n) is 2.29. The van der Waals surface area contributed by atoms with Gasteiger partial charge in [-0.1, -0.05) is 64.0 Å². The van der Waals surface area contributed by atoms with E-state index in [9.17, 15) is 8.78 Å². The van der Waals surface area contributed by atoms with Crippen molar-refractivity contribution in [2.75, 3.05) is 11.9 Å². The quantitative estimate of drug-likeness (QED) is 0.489. The number of ether oxygens (including phenoxy) is 1. The van der Waals surface area contributed by atoms with Gasteiger partial charge in [-0.05, 0) is 18.6 Å². The Bertz CT molecular complexity index is 372. The van der Waals surface area contributed by atoms with Crippen molar-refractivity contribution in [3.05, 3.63) is 24.3 Å². The second kappa shape index (κ2) is 11.4. The summed E-state index contributed by atoms with van der Waals surface area (Å²) >= 11 is 0.